The third kappa shape index (κ3) is 6.94. The maximum atomic E-state index is 4.71. The van der Waals surface area contributed by atoms with E-state index in [0.717, 1.165) is 50.7 Å². The minimum atomic E-state index is -0.0575. The van der Waals surface area contributed by atoms with Crippen LogP contribution in [0.2, 0.25) is 0 Å². The lowest BCUT2D eigenvalue weighted by atomic mass is 9.92. The molecule has 0 fully saturated rings. The Balaban J connectivity index is 2.37. The summed E-state index contributed by atoms with van der Waals surface area (Å²) in [4.78, 5) is 12.2. The number of nitrogens with zero attached hydrogens (tertiary/aromatic N) is 2. The molecule has 0 radical (unpaired) electrons. The van der Waals surface area contributed by atoms with Crippen LogP contribution in [0.5, 0.6) is 0 Å². The van der Waals surface area contributed by atoms with Crippen LogP contribution in [0, 0.1) is 5.41 Å². The van der Waals surface area contributed by atoms with Crippen molar-refractivity contribution in [2.45, 2.75) is 41.0 Å². The lowest BCUT2D eigenvalue weighted by molar-refractivity contribution is 0.478. The number of allylic oxidation sites excluding steroid dienone is 9. The zero-order valence-corrected chi connectivity index (χ0v) is 20.8. The van der Waals surface area contributed by atoms with Crippen molar-refractivity contribution in [3.63, 3.8) is 0 Å². The van der Waals surface area contributed by atoms with E-state index in [0.29, 0.717) is 6.42 Å². The first-order valence-electron chi connectivity index (χ1n) is 11.1. The van der Waals surface area contributed by atoms with Crippen molar-refractivity contribution in [1.82, 2.24) is 25.6 Å². The molecule has 3 N–H and O–H groups in total. The van der Waals surface area contributed by atoms with E-state index in [1.54, 1.807) is 18.5 Å². The fourth-order valence-electron chi connectivity index (χ4n) is 3.22. The summed E-state index contributed by atoms with van der Waals surface area (Å²) in [6.45, 7) is 22.9. The van der Waals surface area contributed by atoms with Gasteiger partial charge in [0.05, 0.1) is 17.2 Å². The molecule has 0 saturated carbocycles. The molecule has 2 heterocycles. The van der Waals surface area contributed by atoms with Gasteiger partial charge in [-0.05, 0) is 54.9 Å². The minimum Gasteiger partial charge on any atom is -0.388 e. The summed E-state index contributed by atoms with van der Waals surface area (Å²) in [6, 6.07) is 1.91. The Morgan fingerprint density at radius 3 is 2.42 bits per heavy atom. The molecule has 0 spiro atoms. The van der Waals surface area contributed by atoms with Gasteiger partial charge in [0.25, 0.3) is 0 Å². The zero-order chi connectivity index (χ0) is 24.6. The predicted molar refractivity (Wildman–Crippen MR) is 141 cm³/mol. The molecule has 0 aliphatic rings. The van der Waals surface area contributed by atoms with E-state index in [2.05, 4.69) is 73.3 Å². The first-order valence-corrected chi connectivity index (χ1v) is 11.1. The van der Waals surface area contributed by atoms with E-state index >= 15 is 0 Å². The number of aromatic amines is 1. The number of pyridine rings is 1. The summed E-state index contributed by atoms with van der Waals surface area (Å²) < 4.78 is 0. The number of aromatic nitrogens is 3. The zero-order valence-electron chi connectivity index (χ0n) is 20.8. The van der Waals surface area contributed by atoms with Crippen molar-refractivity contribution in [2.24, 2.45) is 5.41 Å². The molecule has 2 aromatic heterocycles. The van der Waals surface area contributed by atoms with Crippen molar-refractivity contribution >= 4 is 11.0 Å². The summed E-state index contributed by atoms with van der Waals surface area (Å²) in [7, 11) is 1.92. The van der Waals surface area contributed by atoms with E-state index < -0.39 is 0 Å². The Bertz CT molecular complexity index is 1110. The van der Waals surface area contributed by atoms with Crippen LogP contribution in [0.3, 0.4) is 0 Å². The second kappa shape index (κ2) is 11.3. The number of hydrogen-bond acceptors (Lipinski definition) is 4. The van der Waals surface area contributed by atoms with E-state index in [1.165, 1.54) is 0 Å². The van der Waals surface area contributed by atoms with Crippen LogP contribution in [0.4, 0.5) is 0 Å². The van der Waals surface area contributed by atoms with Crippen LogP contribution >= 0.6 is 0 Å². The van der Waals surface area contributed by atoms with Gasteiger partial charge < -0.3 is 15.6 Å². The maximum absolute atomic E-state index is 4.71. The molecule has 0 saturated heterocycles. The molecule has 5 nitrogen and oxygen atoms in total. The van der Waals surface area contributed by atoms with Gasteiger partial charge in [0.15, 0.2) is 0 Å². The van der Waals surface area contributed by atoms with Crippen molar-refractivity contribution < 1.29 is 0 Å². The SMILES string of the molecule is C=C/C(=C\C(=C/C)C(=C)/C=C(Cc1nc2ccncc2[nH]1)\C(=C/C)NC)NC(=C)C(C)(C)C. The van der Waals surface area contributed by atoms with E-state index in [-0.39, 0.29) is 5.41 Å². The number of fused-ring (bicyclic) bond motifs is 1. The number of rotatable bonds is 10. The summed E-state index contributed by atoms with van der Waals surface area (Å²) in [5.74, 6) is 0.874. The molecule has 0 bridgehead atoms. The van der Waals surface area contributed by atoms with Crippen LogP contribution in [-0.4, -0.2) is 22.0 Å². The quantitative estimate of drug-likeness (QED) is 0.379. The fourth-order valence-corrected chi connectivity index (χ4v) is 3.22. The van der Waals surface area contributed by atoms with Gasteiger partial charge in [-0.1, -0.05) is 52.7 Å². The number of H-pyrrole nitrogens is 1. The Morgan fingerprint density at radius 2 is 1.88 bits per heavy atom. The van der Waals surface area contributed by atoms with Gasteiger partial charge >= 0.3 is 0 Å². The Kier molecular flexibility index (Phi) is 8.80. The Labute approximate surface area is 198 Å². The van der Waals surface area contributed by atoms with E-state index in [4.69, 9.17) is 4.98 Å². The Morgan fingerprint density at radius 1 is 1.15 bits per heavy atom. The monoisotopic (exact) mass is 443 g/mol. The van der Waals surface area contributed by atoms with Crippen LogP contribution in [0.1, 0.15) is 40.4 Å². The second-order valence-electron chi connectivity index (χ2n) is 8.80. The third-order valence-electron chi connectivity index (χ3n) is 5.36. The number of hydrogen-bond donors (Lipinski definition) is 3. The van der Waals surface area contributed by atoms with Crippen molar-refractivity contribution in [1.29, 1.82) is 0 Å². The molecule has 0 aliphatic carbocycles. The molecule has 0 unspecified atom stereocenters. The van der Waals surface area contributed by atoms with Gasteiger partial charge in [-0.3, -0.25) is 4.98 Å². The van der Waals surface area contributed by atoms with Gasteiger partial charge in [0.2, 0.25) is 0 Å². The standard InChI is InChI=1S/C28H37N5/c1-10-21(16-23(11-2)31-20(5)28(6,7)8)19(4)15-22(24(12-3)29-9)17-27-32-25-13-14-30-18-26(25)33-27/h10-16,18,29,31H,2,4-5,17H2,1,3,6-9H3,(H,32,33)/b21-10+,22-15-,23-16+,24-12+. The molecule has 5 heteroatoms. The smallest absolute Gasteiger partial charge is 0.111 e. The van der Waals surface area contributed by atoms with E-state index in [1.807, 2.05) is 39.1 Å². The molecule has 0 amide bonds. The fraction of sp³-hybridized carbons (Fsp3) is 0.286. The first-order chi connectivity index (χ1) is 15.6. The van der Waals surface area contributed by atoms with Gasteiger partial charge in [-0.25, -0.2) is 4.98 Å². The topological polar surface area (TPSA) is 65.6 Å². The molecule has 0 atom stereocenters. The summed E-state index contributed by atoms with van der Waals surface area (Å²) in [5, 5.41) is 6.67. The maximum Gasteiger partial charge on any atom is 0.111 e. The summed E-state index contributed by atoms with van der Waals surface area (Å²) >= 11 is 0. The molecule has 0 aliphatic heterocycles. The van der Waals surface area contributed by atoms with Crippen LogP contribution in [0.15, 0.2) is 102 Å². The third-order valence-corrected chi connectivity index (χ3v) is 5.36. The lowest BCUT2D eigenvalue weighted by Crippen LogP contribution is -2.22. The highest BCUT2D eigenvalue weighted by atomic mass is 14.9. The number of likely N-dealkylation sites (N-methyl/N-ethyl adjacent to an activating group) is 1. The molecule has 33 heavy (non-hydrogen) atoms. The molecule has 174 valence electrons. The number of imidazole rings is 1. The lowest BCUT2D eigenvalue weighted by Gasteiger charge is -2.24. The van der Waals surface area contributed by atoms with E-state index in [9.17, 15) is 0 Å². The summed E-state index contributed by atoms with van der Waals surface area (Å²) in [5.41, 5.74) is 7.57. The van der Waals surface area contributed by atoms with Crippen molar-refractivity contribution in [3.05, 3.63) is 108 Å². The first kappa shape index (κ1) is 25.7. The molecular formula is C28H37N5. The van der Waals surface area contributed by atoms with Gasteiger partial charge in [-0.15, -0.1) is 0 Å². The van der Waals surface area contributed by atoms with Crippen LogP contribution in [0.25, 0.3) is 11.0 Å². The summed E-state index contributed by atoms with van der Waals surface area (Å²) in [6.07, 6.45) is 14.2. The van der Waals surface area contributed by atoms with Crippen LogP contribution < -0.4 is 10.6 Å². The number of nitrogens with one attached hydrogen (secondary N) is 3. The predicted octanol–water partition coefficient (Wildman–Crippen LogP) is 6.27. The highest BCUT2D eigenvalue weighted by molar-refractivity contribution is 5.73. The van der Waals surface area contributed by atoms with Crippen molar-refractivity contribution in [3.8, 4) is 0 Å². The molecular weight excluding hydrogens is 406 g/mol. The average molecular weight is 444 g/mol. The van der Waals surface area contributed by atoms with Crippen LogP contribution in [-0.2, 0) is 6.42 Å². The second-order valence-corrected chi connectivity index (χ2v) is 8.80. The van der Waals surface area contributed by atoms with Gasteiger partial charge in [0, 0.05) is 42.2 Å². The molecule has 2 rings (SSSR count). The largest absolute Gasteiger partial charge is 0.388 e. The average Bonchev–Trinajstić information content (AvgIpc) is 3.18. The minimum absolute atomic E-state index is 0.0575. The van der Waals surface area contributed by atoms with Gasteiger partial charge in [0.1, 0.15) is 5.82 Å². The van der Waals surface area contributed by atoms with Gasteiger partial charge in [-0.2, -0.15) is 0 Å². The highest BCUT2D eigenvalue weighted by Gasteiger charge is 2.15. The Hall–Kier alpha value is -3.60. The van der Waals surface area contributed by atoms with Crippen molar-refractivity contribution in [2.75, 3.05) is 7.05 Å². The highest BCUT2D eigenvalue weighted by Crippen LogP contribution is 2.24. The molecule has 2 aromatic rings. The normalized spacial score (nSPS) is 13.8. The molecule has 0 aromatic carbocycles.